The first kappa shape index (κ1) is 17.6. The molecule has 0 saturated carbocycles. The van der Waals surface area contributed by atoms with Crippen LogP contribution in [-0.4, -0.2) is 28.7 Å². The lowest BCUT2D eigenvalue weighted by molar-refractivity contribution is -0.141. The van der Waals surface area contributed by atoms with Crippen LogP contribution in [0.3, 0.4) is 0 Å². The summed E-state index contributed by atoms with van der Waals surface area (Å²) in [6.07, 6.45) is 0. The van der Waals surface area contributed by atoms with E-state index in [9.17, 15) is 14.7 Å². The van der Waals surface area contributed by atoms with Gasteiger partial charge in [-0.25, -0.2) is 0 Å². The smallest absolute Gasteiger partial charge is 0.325 e. The predicted octanol–water partition coefficient (Wildman–Crippen LogP) is 4.10. The van der Waals surface area contributed by atoms with Gasteiger partial charge in [-0.2, -0.15) is 0 Å². The van der Waals surface area contributed by atoms with E-state index in [4.69, 9.17) is 11.6 Å². The molecule has 0 atom stereocenters. The van der Waals surface area contributed by atoms with Crippen LogP contribution in [0.1, 0.15) is 10.4 Å². The minimum Gasteiger partial charge on any atom is -0.493 e. The highest BCUT2D eigenvalue weighted by Crippen LogP contribution is 2.38. The van der Waals surface area contributed by atoms with Crippen molar-refractivity contribution in [3.8, 4) is 5.88 Å². The number of carbonyl (C=O) groups excluding carboxylic acids is 2. The molecular weight excluding hydrogens is 358 g/mol. The van der Waals surface area contributed by atoms with Crippen molar-refractivity contribution in [3.05, 3.63) is 59.1 Å². The van der Waals surface area contributed by atoms with Crippen molar-refractivity contribution in [2.24, 2.45) is 10.2 Å². The molecule has 7 nitrogen and oxygen atoms in total. The van der Waals surface area contributed by atoms with Crippen molar-refractivity contribution < 1.29 is 19.4 Å². The molecule has 0 bridgehead atoms. The number of hydrogen-bond donors (Lipinski definition) is 1. The summed E-state index contributed by atoms with van der Waals surface area (Å²) in [4.78, 5) is 23.8. The van der Waals surface area contributed by atoms with Gasteiger partial charge in [0.05, 0.1) is 12.6 Å². The summed E-state index contributed by atoms with van der Waals surface area (Å²) in [5.41, 5.74) is 0.943. The van der Waals surface area contributed by atoms with Crippen molar-refractivity contribution in [2.45, 2.75) is 6.54 Å². The zero-order valence-corrected chi connectivity index (χ0v) is 14.5. The van der Waals surface area contributed by atoms with Crippen LogP contribution < -0.4 is 0 Å². The summed E-state index contributed by atoms with van der Waals surface area (Å²) in [6, 6.07) is 13.2. The first-order valence-electron chi connectivity index (χ1n) is 7.60. The lowest BCUT2D eigenvalue weighted by atomic mass is 10.2. The Bertz CT molecular complexity index is 1030. The second-order valence-corrected chi connectivity index (χ2v) is 5.80. The minimum atomic E-state index is -0.600. The van der Waals surface area contributed by atoms with Crippen LogP contribution in [0.2, 0.25) is 5.02 Å². The number of halogens is 1. The number of rotatable bonds is 4. The Labute approximate surface area is 153 Å². The Kier molecular flexibility index (Phi) is 4.99. The highest BCUT2D eigenvalue weighted by molar-refractivity contribution is 6.31. The number of esters is 1. The second-order valence-electron chi connectivity index (χ2n) is 5.37. The molecule has 1 heterocycles. The van der Waals surface area contributed by atoms with E-state index < -0.39 is 11.9 Å². The van der Waals surface area contributed by atoms with Gasteiger partial charge in [0.25, 0.3) is 5.91 Å². The number of amides is 1. The Morgan fingerprint density at radius 1 is 1.19 bits per heavy atom. The largest absolute Gasteiger partial charge is 0.493 e. The minimum absolute atomic E-state index is 0.0971. The first-order valence-corrected chi connectivity index (χ1v) is 7.97. The molecule has 3 rings (SSSR count). The number of methoxy groups -OCH3 is 1. The van der Waals surface area contributed by atoms with Gasteiger partial charge in [-0.05, 0) is 24.3 Å². The lowest BCUT2D eigenvalue weighted by Gasteiger charge is -2.04. The Balaban J connectivity index is 2.01. The molecular formula is C18H14ClN3O4. The van der Waals surface area contributed by atoms with Gasteiger partial charge in [-0.3, -0.25) is 14.2 Å². The van der Waals surface area contributed by atoms with Crippen LogP contribution in [0.4, 0.5) is 5.69 Å². The number of benzene rings is 2. The number of carbonyl (C=O) groups is 2. The monoisotopic (exact) mass is 371 g/mol. The highest BCUT2D eigenvalue weighted by atomic mass is 35.5. The van der Waals surface area contributed by atoms with Gasteiger partial charge < -0.3 is 9.84 Å². The lowest BCUT2D eigenvalue weighted by Crippen LogP contribution is -2.10. The summed E-state index contributed by atoms with van der Waals surface area (Å²) < 4.78 is 5.99. The van der Waals surface area contributed by atoms with E-state index in [1.54, 1.807) is 42.5 Å². The van der Waals surface area contributed by atoms with Gasteiger partial charge in [0.1, 0.15) is 6.54 Å². The number of aromatic hydroxyl groups is 1. The molecule has 0 aliphatic heterocycles. The Morgan fingerprint density at radius 3 is 2.69 bits per heavy atom. The van der Waals surface area contributed by atoms with Crippen molar-refractivity contribution in [1.29, 1.82) is 0 Å². The normalized spacial score (nSPS) is 11.2. The third-order valence-electron chi connectivity index (χ3n) is 3.74. The average molecular weight is 372 g/mol. The summed E-state index contributed by atoms with van der Waals surface area (Å²) in [5.74, 6) is -1.41. The molecule has 0 aliphatic rings. The number of hydrogen-bond acceptors (Lipinski definition) is 5. The van der Waals surface area contributed by atoms with E-state index in [2.05, 4.69) is 15.0 Å². The molecule has 0 radical (unpaired) electrons. The number of ether oxygens (including phenoxy) is 1. The number of fused-ring (bicyclic) bond motifs is 1. The molecule has 0 spiro atoms. The van der Waals surface area contributed by atoms with Crippen molar-refractivity contribution >= 4 is 40.1 Å². The van der Waals surface area contributed by atoms with Gasteiger partial charge in [-0.1, -0.05) is 35.9 Å². The number of azo groups is 1. The summed E-state index contributed by atoms with van der Waals surface area (Å²) in [5, 5.41) is 19.0. The fraction of sp³-hybridized carbons (Fsp3) is 0.111. The van der Waals surface area contributed by atoms with E-state index >= 15 is 0 Å². The molecule has 0 aliphatic carbocycles. The molecule has 132 valence electrons. The summed E-state index contributed by atoms with van der Waals surface area (Å²) in [6.45, 7) is -0.194. The van der Waals surface area contributed by atoms with Crippen LogP contribution in [0.5, 0.6) is 5.88 Å². The molecule has 1 aromatic heterocycles. The third-order valence-corrected chi connectivity index (χ3v) is 3.98. The number of para-hydroxylation sites is 1. The summed E-state index contributed by atoms with van der Waals surface area (Å²) >= 11 is 5.86. The maximum Gasteiger partial charge on any atom is 0.325 e. The molecule has 0 unspecified atom stereocenters. The number of nitrogens with zero attached hydrogens (tertiary/aromatic N) is 3. The van der Waals surface area contributed by atoms with E-state index in [1.165, 1.54) is 17.7 Å². The summed E-state index contributed by atoms with van der Waals surface area (Å²) in [7, 11) is 1.26. The van der Waals surface area contributed by atoms with Crippen LogP contribution in [0, 0.1) is 0 Å². The van der Waals surface area contributed by atoms with E-state index in [0.717, 1.165) is 0 Å². The number of aromatic nitrogens is 1. The van der Waals surface area contributed by atoms with Crippen molar-refractivity contribution in [3.63, 3.8) is 0 Å². The molecule has 26 heavy (non-hydrogen) atoms. The second kappa shape index (κ2) is 7.37. The molecule has 0 saturated heterocycles. The van der Waals surface area contributed by atoms with Crippen molar-refractivity contribution in [1.82, 2.24) is 4.57 Å². The molecule has 1 N–H and O–H groups in total. The third kappa shape index (κ3) is 3.43. The van der Waals surface area contributed by atoms with Gasteiger partial charge in [0, 0.05) is 16.0 Å². The fourth-order valence-corrected chi connectivity index (χ4v) is 2.69. The van der Waals surface area contributed by atoms with Crippen LogP contribution in [0.15, 0.2) is 58.8 Å². The van der Waals surface area contributed by atoms with E-state index in [-0.39, 0.29) is 23.7 Å². The van der Waals surface area contributed by atoms with Crippen LogP contribution in [-0.2, 0) is 16.1 Å². The maximum atomic E-state index is 12.2. The van der Waals surface area contributed by atoms with Crippen LogP contribution in [0.25, 0.3) is 10.9 Å². The Morgan fingerprint density at radius 2 is 1.96 bits per heavy atom. The van der Waals surface area contributed by atoms with Gasteiger partial charge in [0.2, 0.25) is 5.88 Å². The topological polar surface area (TPSA) is 93.2 Å². The van der Waals surface area contributed by atoms with E-state index in [1.807, 2.05) is 0 Å². The molecule has 3 aromatic rings. The van der Waals surface area contributed by atoms with E-state index in [0.29, 0.717) is 15.9 Å². The molecule has 8 heteroatoms. The highest BCUT2D eigenvalue weighted by Gasteiger charge is 2.19. The standard InChI is InChI=1S/C18H14ClN3O4/c1-26-15(23)10-22-14-8-3-2-7-13(14)16(18(22)25)20-21-17(24)11-5-4-6-12(19)9-11/h2-9,25H,10H2,1H3. The quantitative estimate of drug-likeness (QED) is 0.552. The molecule has 1 amide bonds. The molecule has 2 aromatic carbocycles. The van der Waals surface area contributed by atoms with Gasteiger partial charge in [0.15, 0.2) is 5.69 Å². The van der Waals surface area contributed by atoms with Gasteiger partial charge >= 0.3 is 5.97 Å². The zero-order valence-electron chi connectivity index (χ0n) is 13.7. The zero-order chi connectivity index (χ0) is 18.7. The van der Waals surface area contributed by atoms with Crippen LogP contribution >= 0.6 is 11.6 Å². The maximum absolute atomic E-state index is 12.2. The predicted molar refractivity (Wildman–Crippen MR) is 95.9 cm³/mol. The fourth-order valence-electron chi connectivity index (χ4n) is 2.50. The van der Waals surface area contributed by atoms with Gasteiger partial charge in [-0.15, -0.1) is 10.2 Å². The average Bonchev–Trinajstić information content (AvgIpc) is 2.91. The van der Waals surface area contributed by atoms with Crippen molar-refractivity contribution in [2.75, 3.05) is 7.11 Å². The SMILES string of the molecule is COC(=O)Cn1c(O)c(N=NC(=O)c2cccc(Cl)c2)c2ccccc21. The Hall–Kier alpha value is -3.19. The molecule has 0 fully saturated rings. The first-order chi connectivity index (χ1) is 12.5.